The largest absolute Gasteiger partial charge is 0.371 e. The van der Waals surface area contributed by atoms with Crippen LogP contribution in [-0.4, -0.2) is 60.5 Å². The topological polar surface area (TPSA) is 48.5 Å². The van der Waals surface area contributed by atoms with E-state index in [-0.39, 0.29) is 17.3 Å². The van der Waals surface area contributed by atoms with Crippen molar-refractivity contribution >= 4 is 11.7 Å². The minimum absolute atomic E-state index is 0.0868. The third-order valence-electron chi connectivity index (χ3n) is 3.89. The van der Waals surface area contributed by atoms with Gasteiger partial charge in [-0.2, -0.15) is 0 Å². The fourth-order valence-electron chi connectivity index (χ4n) is 2.52. The average Bonchev–Trinajstić information content (AvgIpc) is 2.47. The van der Waals surface area contributed by atoms with Gasteiger partial charge >= 0.3 is 0 Å². The molecular formula is C14H21FN4O. The Bertz CT molecular complexity index is 494. The number of amides is 1. The molecule has 110 valence electrons. The number of nitrogens with one attached hydrogen (secondary N) is 1. The van der Waals surface area contributed by atoms with Crippen molar-refractivity contribution in [2.45, 2.75) is 19.4 Å². The van der Waals surface area contributed by atoms with Crippen molar-refractivity contribution in [1.29, 1.82) is 0 Å². The molecule has 0 aromatic carbocycles. The number of pyridine rings is 1. The third kappa shape index (κ3) is 2.75. The molecule has 0 radical (unpaired) electrons. The Hall–Kier alpha value is -1.69. The summed E-state index contributed by atoms with van der Waals surface area (Å²) in [5.74, 6) is -0.725. The summed E-state index contributed by atoms with van der Waals surface area (Å²) in [6, 6.07) is 1.78. The second-order valence-corrected chi connectivity index (χ2v) is 5.06. The van der Waals surface area contributed by atoms with E-state index >= 15 is 0 Å². The van der Waals surface area contributed by atoms with Crippen molar-refractivity contribution in [3.63, 3.8) is 0 Å². The molecule has 0 bridgehead atoms. The molecule has 0 spiro atoms. The first kappa shape index (κ1) is 14.7. The Balaban J connectivity index is 2.19. The Morgan fingerprint density at radius 1 is 1.55 bits per heavy atom. The smallest absolute Gasteiger partial charge is 0.257 e. The van der Waals surface area contributed by atoms with E-state index in [1.54, 1.807) is 11.9 Å². The number of carbonyl (C=O) groups excluding carboxylic acids is 1. The summed E-state index contributed by atoms with van der Waals surface area (Å²) in [5, 5.41) is 2.66. The predicted octanol–water partition coefficient (Wildman–Crippen LogP) is 1.43. The molecule has 1 aromatic rings. The summed E-state index contributed by atoms with van der Waals surface area (Å²) in [6.45, 7) is 4.18. The van der Waals surface area contributed by atoms with Crippen molar-refractivity contribution < 1.29 is 9.18 Å². The van der Waals surface area contributed by atoms with Crippen LogP contribution in [0, 0.1) is 5.82 Å². The molecular weight excluding hydrogens is 259 g/mol. The number of likely N-dealkylation sites (N-methyl/N-ethyl adjacent to an activating group) is 1. The Labute approximate surface area is 118 Å². The molecule has 2 rings (SSSR count). The molecule has 0 aliphatic carbocycles. The van der Waals surface area contributed by atoms with Crippen LogP contribution < -0.4 is 5.32 Å². The quantitative estimate of drug-likeness (QED) is 0.910. The van der Waals surface area contributed by atoms with Gasteiger partial charge < -0.3 is 10.2 Å². The monoisotopic (exact) mass is 280 g/mol. The average molecular weight is 280 g/mol. The van der Waals surface area contributed by atoms with Crippen LogP contribution in [0.1, 0.15) is 23.7 Å². The van der Waals surface area contributed by atoms with Gasteiger partial charge in [0, 0.05) is 38.9 Å². The summed E-state index contributed by atoms with van der Waals surface area (Å²) in [7, 11) is 3.64. The second-order valence-electron chi connectivity index (χ2n) is 5.06. The molecule has 1 atom stereocenters. The summed E-state index contributed by atoms with van der Waals surface area (Å²) in [6.07, 6.45) is 2.43. The van der Waals surface area contributed by atoms with Gasteiger partial charge in [-0.1, -0.05) is 6.92 Å². The maximum Gasteiger partial charge on any atom is 0.257 e. The number of hydrogen-bond acceptors (Lipinski definition) is 4. The summed E-state index contributed by atoms with van der Waals surface area (Å²) >= 11 is 0. The normalized spacial score (nSPS) is 20.0. The molecule has 1 fully saturated rings. The van der Waals surface area contributed by atoms with Gasteiger partial charge in [0.25, 0.3) is 5.91 Å². The SMILES string of the molecule is CCC1CN(C(=O)c2ccnc(NC)c2F)CCN1C. The Morgan fingerprint density at radius 2 is 2.30 bits per heavy atom. The summed E-state index contributed by atoms with van der Waals surface area (Å²) in [5.41, 5.74) is 0.0868. The van der Waals surface area contributed by atoms with Crippen LogP contribution in [0.15, 0.2) is 12.3 Å². The van der Waals surface area contributed by atoms with Crippen LogP contribution in [0.2, 0.25) is 0 Å². The summed E-state index contributed by atoms with van der Waals surface area (Å²) < 4.78 is 14.2. The van der Waals surface area contributed by atoms with Gasteiger partial charge in [0.05, 0.1) is 5.56 Å². The molecule has 1 amide bonds. The fourth-order valence-corrected chi connectivity index (χ4v) is 2.52. The number of halogens is 1. The summed E-state index contributed by atoms with van der Waals surface area (Å²) in [4.78, 5) is 20.3. The molecule has 1 aliphatic rings. The maximum absolute atomic E-state index is 14.2. The lowest BCUT2D eigenvalue weighted by atomic mass is 10.1. The predicted molar refractivity (Wildman–Crippen MR) is 76.4 cm³/mol. The van der Waals surface area contributed by atoms with Crippen LogP contribution in [0.25, 0.3) is 0 Å². The van der Waals surface area contributed by atoms with E-state index in [1.807, 2.05) is 0 Å². The number of aromatic nitrogens is 1. The molecule has 20 heavy (non-hydrogen) atoms. The van der Waals surface area contributed by atoms with Crippen LogP contribution >= 0.6 is 0 Å². The van der Waals surface area contributed by atoms with Gasteiger partial charge in [-0.05, 0) is 19.5 Å². The van der Waals surface area contributed by atoms with Crippen molar-refractivity contribution in [3.05, 3.63) is 23.6 Å². The molecule has 2 heterocycles. The van der Waals surface area contributed by atoms with E-state index in [0.29, 0.717) is 19.1 Å². The van der Waals surface area contributed by atoms with Crippen LogP contribution in [0.3, 0.4) is 0 Å². The van der Waals surface area contributed by atoms with Crippen LogP contribution in [0.4, 0.5) is 10.2 Å². The van der Waals surface area contributed by atoms with Crippen molar-refractivity contribution in [2.75, 3.05) is 39.0 Å². The highest BCUT2D eigenvalue weighted by atomic mass is 19.1. The van der Waals surface area contributed by atoms with E-state index in [0.717, 1.165) is 13.0 Å². The standard InChI is InChI=1S/C14H21FN4O/c1-4-10-9-19(8-7-18(10)3)14(20)11-5-6-17-13(16-2)12(11)15/h5-6,10H,4,7-9H2,1-3H3,(H,16,17). The number of carbonyl (C=O) groups is 1. The molecule has 1 aliphatic heterocycles. The number of piperazine rings is 1. The minimum Gasteiger partial charge on any atom is -0.371 e. The second kappa shape index (κ2) is 6.17. The number of nitrogens with zero attached hydrogens (tertiary/aromatic N) is 3. The number of rotatable bonds is 3. The van der Waals surface area contributed by atoms with Crippen molar-refractivity contribution in [2.24, 2.45) is 0 Å². The highest BCUT2D eigenvalue weighted by Gasteiger charge is 2.28. The highest BCUT2D eigenvalue weighted by molar-refractivity contribution is 5.95. The zero-order valence-corrected chi connectivity index (χ0v) is 12.2. The third-order valence-corrected chi connectivity index (χ3v) is 3.89. The van der Waals surface area contributed by atoms with Crippen LogP contribution in [-0.2, 0) is 0 Å². The maximum atomic E-state index is 14.2. The molecule has 1 aromatic heterocycles. The lowest BCUT2D eigenvalue weighted by Crippen LogP contribution is -2.53. The van der Waals surface area contributed by atoms with Crippen molar-refractivity contribution in [3.8, 4) is 0 Å². The zero-order chi connectivity index (χ0) is 14.7. The van der Waals surface area contributed by atoms with Gasteiger partial charge in [-0.15, -0.1) is 0 Å². The van der Waals surface area contributed by atoms with E-state index in [9.17, 15) is 9.18 Å². The van der Waals surface area contributed by atoms with Gasteiger partial charge in [-0.25, -0.2) is 9.37 Å². The highest BCUT2D eigenvalue weighted by Crippen LogP contribution is 2.19. The Kier molecular flexibility index (Phi) is 4.54. The number of anilines is 1. The van der Waals surface area contributed by atoms with E-state index < -0.39 is 5.82 Å². The van der Waals surface area contributed by atoms with E-state index in [2.05, 4.69) is 29.2 Å². The van der Waals surface area contributed by atoms with Crippen LogP contribution in [0.5, 0.6) is 0 Å². The van der Waals surface area contributed by atoms with Gasteiger partial charge in [0.1, 0.15) is 0 Å². The van der Waals surface area contributed by atoms with E-state index in [4.69, 9.17) is 0 Å². The molecule has 1 N–H and O–H groups in total. The first-order valence-corrected chi connectivity index (χ1v) is 6.90. The lowest BCUT2D eigenvalue weighted by Gasteiger charge is -2.39. The molecule has 1 unspecified atom stereocenters. The van der Waals surface area contributed by atoms with Gasteiger partial charge in [-0.3, -0.25) is 9.69 Å². The van der Waals surface area contributed by atoms with E-state index in [1.165, 1.54) is 12.3 Å². The number of hydrogen-bond donors (Lipinski definition) is 1. The first-order chi connectivity index (χ1) is 9.58. The molecule has 6 heteroatoms. The first-order valence-electron chi connectivity index (χ1n) is 6.90. The molecule has 0 saturated carbocycles. The van der Waals surface area contributed by atoms with Gasteiger partial charge in [0.2, 0.25) is 0 Å². The van der Waals surface area contributed by atoms with Crippen molar-refractivity contribution in [1.82, 2.24) is 14.8 Å². The Morgan fingerprint density at radius 3 is 2.95 bits per heavy atom. The molecule has 5 nitrogen and oxygen atoms in total. The fraction of sp³-hybridized carbons (Fsp3) is 0.571. The molecule has 1 saturated heterocycles. The van der Waals surface area contributed by atoms with Gasteiger partial charge in [0.15, 0.2) is 11.6 Å². The zero-order valence-electron chi connectivity index (χ0n) is 12.2. The minimum atomic E-state index is -0.577. The lowest BCUT2D eigenvalue weighted by molar-refractivity contribution is 0.0537.